The molecule has 1 amide bonds. The van der Waals surface area contributed by atoms with E-state index in [0.717, 1.165) is 23.9 Å². The Labute approximate surface area is 121 Å². The van der Waals surface area contributed by atoms with Crippen LogP contribution in [0.4, 0.5) is 11.4 Å². The fourth-order valence-corrected chi connectivity index (χ4v) is 3.94. The van der Waals surface area contributed by atoms with Crippen LogP contribution < -0.4 is 9.80 Å². The first kappa shape index (κ1) is 11.9. The van der Waals surface area contributed by atoms with E-state index in [4.69, 9.17) is 6.42 Å². The van der Waals surface area contributed by atoms with E-state index in [-0.39, 0.29) is 11.8 Å². The van der Waals surface area contributed by atoms with Gasteiger partial charge in [0.25, 0.3) is 0 Å². The molecule has 20 heavy (non-hydrogen) atoms. The highest BCUT2D eigenvalue weighted by Gasteiger charge is 2.33. The molecule has 0 spiro atoms. The number of hydrogen-bond acceptors (Lipinski definition) is 4. The molecule has 5 heteroatoms. The number of terminal acetylenes is 1. The number of thioether (sulfide) groups is 1. The summed E-state index contributed by atoms with van der Waals surface area (Å²) in [5, 5.41) is 1.08. The van der Waals surface area contributed by atoms with Gasteiger partial charge in [0, 0.05) is 36.0 Å². The molecule has 1 fully saturated rings. The zero-order valence-corrected chi connectivity index (χ0v) is 11.7. The van der Waals surface area contributed by atoms with Crippen LogP contribution in [0.25, 0.3) is 0 Å². The van der Waals surface area contributed by atoms with Crippen LogP contribution in [0.1, 0.15) is 6.42 Å². The van der Waals surface area contributed by atoms with Crippen molar-refractivity contribution < 1.29 is 4.79 Å². The van der Waals surface area contributed by atoms with Crippen LogP contribution in [0, 0.1) is 18.3 Å². The number of fused-ring (bicyclic) bond motifs is 3. The van der Waals surface area contributed by atoms with Crippen LogP contribution in [0.15, 0.2) is 28.1 Å². The number of nitrogens with zero attached hydrogens (tertiary/aromatic N) is 3. The second-order valence-corrected chi connectivity index (χ2v) is 6.15. The summed E-state index contributed by atoms with van der Waals surface area (Å²) >= 11 is 1.70. The molecule has 1 aromatic carbocycles. The predicted molar refractivity (Wildman–Crippen MR) is 81.2 cm³/mol. The van der Waals surface area contributed by atoms with Crippen molar-refractivity contribution in [2.24, 2.45) is 10.9 Å². The molecular weight excluding hydrogens is 270 g/mol. The molecule has 4 rings (SSSR count). The number of carbonyl (C=O) groups is 1. The van der Waals surface area contributed by atoms with E-state index in [1.165, 1.54) is 10.6 Å². The lowest BCUT2D eigenvalue weighted by Crippen LogP contribution is -2.25. The van der Waals surface area contributed by atoms with Crippen LogP contribution in [-0.2, 0) is 4.79 Å². The average Bonchev–Trinajstić information content (AvgIpc) is 3.11. The zero-order chi connectivity index (χ0) is 13.7. The second-order valence-electron chi connectivity index (χ2n) is 5.14. The first-order valence-electron chi connectivity index (χ1n) is 6.66. The Morgan fingerprint density at radius 1 is 1.40 bits per heavy atom. The van der Waals surface area contributed by atoms with Gasteiger partial charge in [0.2, 0.25) is 5.91 Å². The van der Waals surface area contributed by atoms with E-state index >= 15 is 0 Å². The van der Waals surface area contributed by atoms with Gasteiger partial charge in [-0.25, -0.2) is 0 Å². The number of anilines is 2. The molecule has 1 atom stereocenters. The maximum Gasteiger partial charge on any atom is 0.228 e. The molecule has 3 aliphatic rings. The van der Waals surface area contributed by atoms with E-state index in [0.29, 0.717) is 13.0 Å². The van der Waals surface area contributed by atoms with Gasteiger partial charge in [0.15, 0.2) is 5.17 Å². The van der Waals surface area contributed by atoms with Crippen molar-refractivity contribution in [1.82, 2.24) is 0 Å². The number of carbonyl (C=O) groups excluding carboxylic acids is 1. The van der Waals surface area contributed by atoms with Gasteiger partial charge in [0.1, 0.15) is 0 Å². The Kier molecular flexibility index (Phi) is 2.54. The van der Waals surface area contributed by atoms with Gasteiger partial charge < -0.3 is 9.80 Å². The summed E-state index contributed by atoms with van der Waals surface area (Å²) in [6.45, 7) is 2.41. The summed E-state index contributed by atoms with van der Waals surface area (Å²) < 4.78 is 0. The molecule has 1 unspecified atom stereocenters. The normalized spacial score (nSPS) is 23.6. The highest BCUT2D eigenvalue weighted by molar-refractivity contribution is 8.14. The van der Waals surface area contributed by atoms with Crippen LogP contribution in [0.5, 0.6) is 0 Å². The molecule has 0 bridgehead atoms. The quantitative estimate of drug-likeness (QED) is 0.739. The Morgan fingerprint density at radius 2 is 2.30 bits per heavy atom. The van der Waals surface area contributed by atoms with Gasteiger partial charge in [-0.2, -0.15) is 0 Å². The Morgan fingerprint density at radius 3 is 3.10 bits per heavy atom. The molecule has 4 nitrogen and oxygen atoms in total. The fourth-order valence-electron chi connectivity index (χ4n) is 2.88. The first-order valence-corrected chi connectivity index (χ1v) is 7.48. The minimum absolute atomic E-state index is 0.0361. The molecule has 3 aliphatic heterocycles. The number of aliphatic imine (C=N–C) groups is 1. The highest BCUT2D eigenvalue weighted by Crippen LogP contribution is 2.44. The largest absolute Gasteiger partial charge is 0.318 e. The number of amides is 1. The summed E-state index contributed by atoms with van der Waals surface area (Å²) in [5.74, 6) is 2.84. The van der Waals surface area contributed by atoms with Gasteiger partial charge >= 0.3 is 0 Å². The van der Waals surface area contributed by atoms with Crippen molar-refractivity contribution in [2.45, 2.75) is 11.3 Å². The van der Waals surface area contributed by atoms with Gasteiger partial charge in [-0.05, 0) is 30.0 Å². The molecule has 3 heterocycles. The molecule has 0 aromatic heterocycles. The molecule has 0 N–H and O–H groups in total. The molecule has 0 saturated carbocycles. The van der Waals surface area contributed by atoms with Gasteiger partial charge in [0.05, 0.1) is 12.2 Å². The predicted octanol–water partition coefficient (Wildman–Crippen LogP) is 1.95. The van der Waals surface area contributed by atoms with Crippen molar-refractivity contribution in [2.75, 3.05) is 29.4 Å². The molecule has 0 aliphatic carbocycles. The van der Waals surface area contributed by atoms with E-state index in [1.807, 2.05) is 6.07 Å². The lowest BCUT2D eigenvalue weighted by Gasteiger charge is -2.19. The zero-order valence-electron chi connectivity index (χ0n) is 10.9. The Hall–Kier alpha value is -1.93. The maximum atomic E-state index is 12.1. The number of hydrogen-bond donors (Lipinski definition) is 0. The van der Waals surface area contributed by atoms with Gasteiger partial charge in [-0.3, -0.25) is 9.79 Å². The van der Waals surface area contributed by atoms with E-state index in [2.05, 4.69) is 27.9 Å². The van der Waals surface area contributed by atoms with Crippen molar-refractivity contribution in [3.05, 3.63) is 18.2 Å². The van der Waals surface area contributed by atoms with Gasteiger partial charge in [-0.1, -0.05) is 0 Å². The van der Waals surface area contributed by atoms with Crippen LogP contribution in [-0.4, -0.2) is 30.7 Å². The minimum atomic E-state index is 0.0361. The Bertz CT molecular complexity index is 676. The molecule has 1 aromatic rings. The number of amidine groups is 1. The monoisotopic (exact) mass is 283 g/mol. The molecule has 1 saturated heterocycles. The molecular formula is C15H13N3OS. The summed E-state index contributed by atoms with van der Waals surface area (Å²) in [6, 6.07) is 6.17. The summed E-state index contributed by atoms with van der Waals surface area (Å²) in [6.07, 6.45) is 5.90. The van der Waals surface area contributed by atoms with E-state index in [1.54, 1.807) is 16.7 Å². The lowest BCUT2D eigenvalue weighted by atomic mass is 10.1. The molecule has 0 radical (unpaired) electrons. The summed E-state index contributed by atoms with van der Waals surface area (Å²) in [7, 11) is 0. The standard InChI is InChI=1S/C15H13N3OS/c1-2-10-7-14(19)18(9-10)11-3-4-13-12(8-11)17-6-5-16-15(17)20-13/h1,3-4,8,10H,5-7,9H2. The van der Waals surface area contributed by atoms with Crippen LogP contribution in [0.3, 0.4) is 0 Å². The lowest BCUT2D eigenvalue weighted by molar-refractivity contribution is -0.117. The minimum Gasteiger partial charge on any atom is -0.318 e. The third-order valence-electron chi connectivity index (χ3n) is 3.91. The van der Waals surface area contributed by atoms with Crippen molar-refractivity contribution in [3.8, 4) is 12.3 Å². The Balaban J connectivity index is 1.69. The summed E-state index contributed by atoms with van der Waals surface area (Å²) in [5.41, 5.74) is 2.11. The van der Waals surface area contributed by atoms with Crippen molar-refractivity contribution in [3.63, 3.8) is 0 Å². The van der Waals surface area contributed by atoms with Crippen molar-refractivity contribution >= 4 is 34.2 Å². The smallest absolute Gasteiger partial charge is 0.228 e. The van der Waals surface area contributed by atoms with E-state index < -0.39 is 0 Å². The van der Waals surface area contributed by atoms with Gasteiger partial charge in [-0.15, -0.1) is 12.3 Å². The van der Waals surface area contributed by atoms with Crippen molar-refractivity contribution in [1.29, 1.82) is 0 Å². The van der Waals surface area contributed by atoms with Crippen LogP contribution >= 0.6 is 11.8 Å². The highest BCUT2D eigenvalue weighted by atomic mass is 32.2. The topological polar surface area (TPSA) is 35.9 Å². The second kappa shape index (κ2) is 4.29. The SMILES string of the molecule is C#CC1CC(=O)N(c2ccc3c(c2)N2CCN=C2S3)C1. The van der Waals surface area contributed by atoms with Crippen LogP contribution in [0.2, 0.25) is 0 Å². The number of benzene rings is 1. The molecule has 100 valence electrons. The average molecular weight is 283 g/mol. The van der Waals surface area contributed by atoms with E-state index in [9.17, 15) is 4.79 Å². The third-order valence-corrected chi connectivity index (χ3v) is 5.01. The number of rotatable bonds is 1. The first-order chi connectivity index (χ1) is 9.76. The summed E-state index contributed by atoms with van der Waals surface area (Å²) in [4.78, 5) is 21.8. The maximum absolute atomic E-state index is 12.1. The fraction of sp³-hybridized carbons (Fsp3) is 0.333. The third kappa shape index (κ3) is 1.65.